The lowest BCUT2D eigenvalue weighted by Gasteiger charge is -2.19. The molecule has 88 valence electrons. The van der Waals surface area contributed by atoms with E-state index in [-0.39, 0.29) is 13.2 Å². The van der Waals surface area contributed by atoms with Crippen LogP contribution in [0.3, 0.4) is 0 Å². The lowest BCUT2D eigenvalue weighted by atomic mass is 10.5. The van der Waals surface area contributed by atoms with Crippen LogP contribution in [-0.2, 0) is 28.0 Å². The van der Waals surface area contributed by atoms with Crippen molar-refractivity contribution in [2.75, 3.05) is 13.2 Å². The van der Waals surface area contributed by atoms with E-state index in [1.54, 1.807) is 13.8 Å². The summed E-state index contributed by atoms with van der Waals surface area (Å²) in [5, 5.41) is 0. The van der Waals surface area contributed by atoms with Crippen molar-refractivity contribution in [3.63, 3.8) is 0 Å². The first-order chi connectivity index (χ1) is 7.67. The van der Waals surface area contributed by atoms with Crippen LogP contribution in [0, 0.1) is 0 Å². The molecule has 0 aromatic carbocycles. The van der Waals surface area contributed by atoms with Crippen molar-refractivity contribution in [3.05, 3.63) is 11.8 Å². The molecule has 0 spiro atoms. The van der Waals surface area contributed by atoms with Crippen LogP contribution in [0.2, 0.25) is 0 Å². The Morgan fingerprint density at radius 2 is 1.75 bits per heavy atom. The van der Waals surface area contributed by atoms with E-state index >= 15 is 0 Å². The second-order valence-corrected chi connectivity index (χ2v) is 4.12. The van der Waals surface area contributed by atoms with Crippen molar-refractivity contribution in [3.8, 4) is 0 Å². The van der Waals surface area contributed by atoms with E-state index in [1.165, 1.54) is 17.5 Å². The molecule has 0 atom stereocenters. The van der Waals surface area contributed by atoms with E-state index < -0.39 is 13.3 Å². The topological polar surface area (TPSA) is 78.9 Å². The maximum Gasteiger partial charge on any atom is 0.398 e. The number of carbonyl (C=O) groups excluding carboxylic acids is 3. The van der Waals surface area contributed by atoms with E-state index in [0.29, 0.717) is 6.08 Å². The monoisotopic (exact) mass is 246 g/mol. The molecule has 0 unspecified atom stereocenters. The van der Waals surface area contributed by atoms with E-state index in [2.05, 4.69) is 0 Å². The second-order valence-electron chi connectivity index (χ2n) is 2.24. The Morgan fingerprint density at radius 1 is 1.19 bits per heavy atom. The zero-order chi connectivity index (χ0) is 12.4. The van der Waals surface area contributed by atoms with Gasteiger partial charge in [0, 0.05) is 0 Å². The van der Waals surface area contributed by atoms with Crippen LogP contribution in [0.15, 0.2) is 11.8 Å². The highest BCUT2D eigenvalue weighted by Gasteiger charge is 2.24. The predicted molar refractivity (Wildman–Crippen MR) is 56.4 cm³/mol. The highest BCUT2D eigenvalue weighted by molar-refractivity contribution is 7.60. The third-order valence-electron chi connectivity index (χ3n) is 1.22. The van der Waals surface area contributed by atoms with Crippen molar-refractivity contribution in [1.29, 1.82) is 0 Å². The summed E-state index contributed by atoms with van der Waals surface area (Å²) in [4.78, 5) is 31.2. The lowest BCUT2D eigenvalue weighted by molar-refractivity contribution is 0.195. The van der Waals surface area contributed by atoms with E-state index in [9.17, 15) is 14.4 Å². The van der Waals surface area contributed by atoms with Crippen LogP contribution in [0.5, 0.6) is 0 Å². The van der Waals surface area contributed by atoms with Crippen LogP contribution < -0.4 is 0 Å². The van der Waals surface area contributed by atoms with Gasteiger partial charge in [0.25, 0.3) is 0 Å². The Morgan fingerprint density at radius 3 is 2.06 bits per heavy atom. The van der Waals surface area contributed by atoms with Crippen LogP contribution in [0.25, 0.3) is 0 Å². The molecule has 0 radical (unpaired) electrons. The normalized spacial score (nSPS) is 9.62. The van der Waals surface area contributed by atoms with Gasteiger partial charge in [0.15, 0.2) is 5.94 Å². The first-order valence-corrected chi connectivity index (χ1v) is 5.95. The minimum Gasteiger partial charge on any atom is -0.412 e. The minimum absolute atomic E-state index is 0.139. The Balaban J connectivity index is 5.14. The van der Waals surface area contributed by atoms with Crippen LogP contribution in [0.4, 0.5) is 0 Å². The number of rotatable bonds is 7. The molecule has 0 aliphatic carbocycles. The summed E-state index contributed by atoms with van der Waals surface area (Å²) < 4.78 is 14.9. The molecule has 7 heteroatoms. The maximum atomic E-state index is 10.8. The van der Waals surface area contributed by atoms with Gasteiger partial charge in [0.1, 0.15) is 5.94 Å². The molecule has 6 nitrogen and oxygen atoms in total. The molecular formula is C9H11O6P. The quantitative estimate of drug-likeness (QED) is 0.288. The zero-order valence-corrected chi connectivity index (χ0v) is 9.78. The number of hydrogen-bond donors (Lipinski definition) is 0. The molecule has 0 N–H and O–H groups in total. The van der Waals surface area contributed by atoms with E-state index in [0.717, 1.165) is 0 Å². The average Bonchev–Trinajstić information content (AvgIpc) is 2.29. The van der Waals surface area contributed by atoms with Gasteiger partial charge in [-0.3, -0.25) is 0 Å². The van der Waals surface area contributed by atoms with Crippen LogP contribution in [0.1, 0.15) is 13.8 Å². The van der Waals surface area contributed by atoms with Crippen molar-refractivity contribution in [1.82, 2.24) is 0 Å². The van der Waals surface area contributed by atoms with Gasteiger partial charge >= 0.3 is 7.57 Å². The standard InChI is InChI=1S/C9H11O6P/c1-3-13-16(8-12,14-4-2)15-9(7-11)5-6-10/h5H,3-4H2,1-2H3. The zero-order valence-electron chi connectivity index (χ0n) is 8.89. The molecule has 0 heterocycles. The van der Waals surface area contributed by atoms with Gasteiger partial charge in [-0.1, -0.05) is 0 Å². The predicted octanol–water partition coefficient (Wildman–Crippen LogP) is 1.01. The fourth-order valence-corrected chi connectivity index (χ4v) is 2.11. The molecule has 0 saturated heterocycles. The fourth-order valence-electron chi connectivity index (χ4n) is 0.759. The van der Waals surface area contributed by atoms with Crippen LogP contribution >= 0.6 is 7.57 Å². The summed E-state index contributed by atoms with van der Waals surface area (Å²) in [6, 6.07) is 0. The van der Waals surface area contributed by atoms with Gasteiger partial charge in [0.05, 0.1) is 19.3 Å². The maximum absolute atomic E-state index is 10.8. The minimum atomic E-state index is -3.39. The molecule has 0 rings (SSSR count). The van der Waals surface area contributed by atoms with Crippen molar-refractivity contribution in [2.45, 2.75) is 13.8 Å². The van der Waals surface area contributed by atoms with Crippen molar-refractivity contribution >= 4 is 25.1 Å². The summed E-state index contributed by atoms with van der Waals surface area (Å²) in [6.07, 6.45) is 0.692. The fraction of sp³-hybridized carbons (Fsp3) is 0.444. The Kier molecular flexibility index (Phi) is 7.19. The molecule has 0 aliphatic rings. The summed E-state index contributed by atoms with van der Waals surface area (Å²) >= 11 is 0. The average molecular weight is 246 g/mol. The second kappa shape index (κ2) is 7.86. The summed E-state index contributed by atoms with van der Waals surface area (Å²) in [5.74, 6) is 2.15. The molecule has 0 saturated carbocycles. The summed E-state index contributed by atoms with van der Waals surface area (Å²) in [5.41, 5.74) is 1.49. The van der Waals surface area contributed by atoms with Gasteiger partial charge in [-0.25, -0.2) is 14.4 Å². The first-order valence-electron chi connectivity index (χ1n) is 4.41. The van der Waals surface area contributed by atoms with E-state index in [4.69, 9.17) is 13.6 Å². The smallest absolute Gasteiger partial charge is 0.398 e. The summed E-state index contributed by atoms with van der Waals surface area (Å²) in [7, 11) is -3.39. The highest BCUT2D eigenvalue weighted by Crippen LogP contribution is 2.50. The lowest BCUT2D eigenvalue weighted by Crippen LogP contribution is -2.01. The molecule has 0 bridgehead atoms. The number of hydrogen-bond acceptors (Lipinski definition) is 6. The molecule has 0 amide bonds. The molecular weight excluding hydrogens is 235 g/mol. The third kappa shape index (κ3) is 4.43. The van der Waals surface area contributed by atoms with Crippen LogP contribution in [-0.4, -0.2) is 30.8 Å². The van der Waals surface area contributed by atoms with Crippen molar-refractivity contribution < 1.29 is 28.0 Å². The summed E-state index contributed by atoms with van der Waals surface area (Å²) in [6.45, 7) is 3.52. The van der Waals surface area contributed by atoms with E-state index in [1.807, 2.05) is 0 Å². The molecule has 16 heavy (non-hydrogen) atoms. The Bertz CT molecular complexity index is 386. The van der Waals surface area contributed by atoms with Gasteiger partial charge in [-0.2, -0.15) is 0 Å². The van der Waals surface area contributed by atoms with Gasteiger partial charge in [-0.05, 0) is 13.8 Å². The molecule has 0 aromatic heterocycles. The largest absolute Gasteiger partial charge is 0.412 e. The third-order valence-corrected chi connectivity index (χ3v) is 3.08. The van der Waals surface area contributed by atoms with Crippen molar-refractivity contribution in [2.24, 2.45) is 0 Å². The SMILES string of the molecule is CCOP(=C=O)(OCC)OC(=C=O)C=C=O. The number of allylic oxidation sites excluding steroid dienone is 1. The highest BCUT2D eigenvalue weighted by atomic mass is 31.2. The molecule has 0 aromatic rings. The molecule has 0 aliphatic heterocycles. The van der Waals surface area contributed by atoms with Gasteiger partial charge in [-0.15, -0.1) is 0 Å². The molecule has 0 fully saturated rings. The van der Waals surface area contributed by atoms with Gasteiger partial charge < -0.3 is 13.6 Å². The van der Waals surface area contributed by atoms with Gasteiger partial charge in [0.2, 0.25) is 11.4 Å². The Hall–Kier alpha value is -1.37. The Labute approximate surface area is 92.7 Å². The first kappa shape index (κ1) is 14.6.